The molecule has 0 spiro atoms. The molecule has 0 aliphatic heterocycles. The Morgan fingerprint density at radius 3 is 2.06 bits per heavy atom. The normalized spacial score (nSPS) is 13.6. The minimum absolute atomic E-state index is 0.0455. The van der Waals surface area contributed by atoms with Crippen LogP contribution >= 0.6 is 0 Å². The lowest BCUT2D eigenvalue weighted by Gasteiger charge is -2.32. The number of nitrogens with one attached hydrogen (secondary N) is 1. The van der Waals surface area contributed by atoms with Crippen molar-refractivity contribution in [2.75, 3.05) is 14.2 Å². The summed E-state index contributed by atoms with van der Waals surface area (Å²) >= 11 is 0. The quantitative estimate of drug-likeness (QED) is 0.843. The van der Waals surface area contributed by atoms with Crippen LogP contribution in [0.2, 0.25) is 0 Å². The van der Waals surface area contributed by atoms with Gasteiger partial charge in [-0.05, 0) is 51.4 Å². The number of methoxy groups -OCH3 is 1. The summed E-state index contributed by atoms with van der Waals surface area (Å²) in [6, 6.07) is 4.17. The monoisotopic (exact) mass is 236 g/mol. The molecule has 0 radical (unpaired) electrons. The lowest BCUT2D eigenvalue weighted by Crippen LogP contribution is -2.46. The predicted octanol–water partition coefficient (Wildman–Crippen LogP) is 2.31. The molecule has 1 rings (SSSR count). The van der Waals surface area contributed by atoms with Gasteiger partial charge >= 0.3 is 0 Å². The van der Waals surface area contributed by atoms with Crippen LogP contribution in [0.25, 0.3) is 0 Å². The van der Waals surface area contributed by atoms with E-state index in [0.717, 1.165) is 22.4 Å². The molecular weight excluding hydrogens is 212 g/mol. The van der Waals surface area contributed by atoms with Crippen molar-refractivity contribution in [3.05, 3.63) is 28.8 Å². The molecule has 0 aliphatic rings. The molecule has 17 heavy (non-hydrogen) atoms. The smallest absolute Gasteiger partial charge is 0.124 e. The number of hydrogen-bond acceptors (Lipinski definition) is 3. The summed E-state index contributed by atoms with van der Waals surface area (Å²) < 4.78 is 5.37. The molecule has 1 aromatic carbocycles. The fourth-order valence-electron chi connectivity index (χ4n) is 2.06. The van der Waals surface area contributed by atoms with Gasteiger partial charge < -0.3 is 15.8 Å². The Bertz CT molecular complexity index is 376. The van der Waals surface area contributed by atoms with Gasteiger partial charge in [-0.15, -0.1) is 0 Å². The van der Waals surface area contributed by atoms with E-state index in [1.54, 1.807) is 7.11 Å². The van der Waals surface area contributed by atoms with E-state index in [2.05, 4.69) is 45.1 Å². The van der Waals surface area contributed by atoms with E-state index in [1.807, 2.05) is 7.05 Å². The van der Waals surface area contributed by atoms with Crippen LogP contribution in [-0.4, -0.2) is 19.7 Å². The Kier molecular flexibility index (Phi) is 4.17. The van der Waals surface area contributed by atoms with Crippen LogP contribution in [0, 0.1) is 13.8 Å². The summed E-state index contributed by atoms with van der Waals surface area (Å²) in [5, 5.41) is 3.25. The van der Waals surface area contributed by atoms with Crippen LogP contribution in [0.4, 0.5) is 0 Å². The first-order chi connectivity index (χ1) is 7.83. The third-order valence-corrected chi connectivity index (χ3v) is 3.47. The second-order valence-corrected chi connectivity index (χ2v) is 5.14. The molecule has 1 unspecified atom stereocenters. The zero-order chi connectivity index (χ0) is 13.2. The van der Waals surface area contributed by atoms with Gasteiger partial charge in [0.25, 0.3) is 0 Å². The van der Waals surface area contributed by atoms with Crippen molar-refractivity contribution in [3.63, 3.8) is 0 Å². The molecule has 0 saturated carbocycles. The summed E-state index contributed by atoms with van der Waals surface area (Å²) in [5.74, 6) is 0.947. The second-order valence-electron chi connectivity index (χ2n) is 5.14. The van der Waals surface area contributed by atoms with E-state index in [4.69, 9.17) is 10.5 Å². The highest BCUT2D eigenvalue weighted by Gasteiger charge is 2.26. The summed E-state index contributed by atoms with van der Waals surface area (Å²) in [4.78, 5) is 0. The molecule has 96 valence electrons. The van der Waals surface area contributed by atoms with E-state index in [0.29, 0.717) is 0 Å². The molecule has 1 atom stereocenters. The molecule has 0 saturated heterocycles. The van der Waals surface area contributed by atoms with Crippen LogP contribution in [0.3, 0.4) is 0 Å². The van der Waals surface area contributed by atoms with Crippen LogP contribution in [0.15, 0.2) is 12.1 Å². The third kappa shape index (κ3) is 2.79. The number of hydrogen-bond donors (Lipinski definition) is 2. The number of ether oxygens (including phenoxy) is 1. The molecule has 0 heterocycles. The number of nitrogens with two attached hydrogens (primary N) is 1. The minimum Gasteiger partial charge on any atom is -0.496 e. The first-order valence-corrected chi connectivity index (χ1v) is 5.93. The lowest BCUT2D eigenvalue weighted by molar-refractivity contribution is 0.348. The maximum atomic E-state index is 6.31. The SMILES string of the molecule is CNC(C)(C)C(N)c1cc(C)c(OC)c(C)c1. The Morgan fingerprint density at radius 2 is 1.71 bits per heavy atom. The first kappa shape index (κ1) is 14.0. The Balaban J connectivity index is 3.17. The van der Waals surface area contributed by atoms with Gasteiger partial charge in [0, 0.05) is 11.6 Å². The summed E-state index contributed by atoms with van der Waals surface area (Å²) in [7, 11) is 3.63. The molecule has 3 nitrogen and oxygen atoms in total. The number of benzene rings is 1. The van der Waals surface area contributed by atoms with Crippen LogP contribution in [0.5, 0.6) is 5.75 Å². The predicted molar refractivity (Wildman–Crippen MR) is 72.5 cm³/mol. The highest BCUT2D eigenvalue weighted by Crippen LogP contribution is 2.30. The maximum Gasteiger partial charge on any atom is 0.124 e. The van der Waals surface area contributed by atoms with Gasteiger partial charge in [-0.25, -0.2) is 0 Å². The van der Waals surface area contributed by atoms with Gasteiger partial charge in [-0.3, -0.25) is 0 Å². The molecule has 3 heteroatoms. The second kappa shape index (κ2) is 5.07. The molecule has 0 amide bonds. The largest absolute Gasteiger partial charge is 0.496 e. The number of likely N-dealkylation sites (N-methyl/N-ethyl adjacent to an activating group) is 1. The van der Waals surface area contributed by atoms with Crippen molar-refractivity contribution in [1.82, 2.24) is 5.32 Å². The third-order valence-electron chi connectivity index (χ3n) is 3.47. The van der Waals surface area contributed by atoms with Crippen molar-refractivity contribution in [1.29, 1.82) is 0 Å². The Hall–Kier alpha value is -1.06. The minimum atomic E-state index is -0.131. The molecule has 0 bridgehead atoms. The molecular formula is C14H24N2O. The zero-order valence-corrected chi connectivity index (χ0v) is 11.7. The van der Waals surface area contributed by atoms with Gasteiger partial charge in [-0.2, -0.15) is 0 Å². The maximum absolute atomic E-state index is 6.31. The van der Waals surface area contributed by atoms with E-state index in [1.165, 1.54) is 0 Å². The zero-order valence-electron chi connectivity index (χ0n) is 11.7. The molecule has 3 N–H and O–H groups in total. The Labute approximate surface area is 104 Å². The summed E-state index contributed by atoms with van der Waals surface area (Å²) in [6.45, 7) is 8.31. The van der Waals surface area contributed by atoms with Gasteiger partial charge in [0.15, 0.2) is 0 Å². The fourth-order valence-corrected chi connectivity index (χ4v) is 2.06. The standard InChI is InChI=1S/C14H24N2O/c1-9-7-11(8-10(2)12(9)17-6)13(15)14(3,4)16-5/h7-8,13,16H,15H2,1-6H3. The number of aryl methyl sites for hydroxylation is 2. The first-order valence-electron chi connectivity index (χ1n) is 5.93. The lowest BCUT2D eigenvalue weighted by atomic mass is 9.88. The number of rotatable bonds is 4. The highest BCUT2D eigenvalue weighted by atomic mass is 16.5. The highest BCUT2D eigenvalue weighted by molar-refractivity contribution is 5.44. The van der Waals surface area contributed by atoms with Crippen LogP contribution < -0.4 is 15.8 Å². The molecule has 0 aromatic heterocycles. The topological polar surface area (TPSA) is 47.3 Å². The summed E-state index contributed by atoms with van der Waals surface area (Å²) in [5.41, 5.74) is 9.58. The van der Waals surface area contributed by atoms with Gasteiger partial charge in [-0.1, -0.05) is 12.1 Å². The van der Waals surface area contributed by atoms with Crippen molar-refractivity contribution in [3.8, 4) is 5.75 Å². The van der Waals surface area contributed by atoms with Gasteiger partial charge in [0.2, 0.25) is 0 Å². The van der Waals surface area contributed by atoms with Crippen LogP contribution in [-0.2, 0) is 0 Å². The van der Waals surface area contributed by atoms with Crippen molar-refractivity contribution in [2.45, 2.75) is 39.3 Å². The van der Waals surface area contributed by atoms with E-state index >= 15 is 0 Å². The summed E-state index contributed by atoms with van der Waals surface area (Å²) in [6.07, 6.45) is 0. The molecule has 0 aliphatic carbocycles. The average Bonchev–Trinajstić information content (AvgIpc) is 2.27. The average molecular weight is 236 g/mol. The van der Waals surface area contributed by atoms with Gasteiger partial charge in [0.1, 0.15) is 5.75 Å². The van der Waals surface area contributed by atoms with E-state index in [9.17, 15) is 0 Å². The van der Waals surface area contributed by atoms with Gasteiger partial charge in [0.05, 0.1) is 7.11 Å². The molecule has 1 aromatic rings. The van der Waals surface area contributed by atoms with Crippen molar-refractivity contribution in [2.24, 2.45) is 5.73 Å². The van der Waals surface area contributed by atoms with Crippen molar-refractivity contribution < 1.29 is 4.74 Å². The van der Waals surface area contributed by atoms with Crippen molar-refractivity contribution >= 4 is 0 Å². The molecule has 0 fully saturated rings. The Morgan fingerprint density at radius 1 is 1.24 bits per heavy atom. The van der Waals surface area contributed by atoms with E-state index < -0.39 is 0 Å². The fraction of sp³-hybridized carbons (Fsp3) is 0.571. The van der Waals surface area contributed by atoms with Crippen LogP contribution in [0.1, 0.15) is 36.6 Å². The van der Waals surface area contributed by atoms with E-state index in [-0.39, 0.29) is 11.6 Å².